The Bertz CT molecular complexity index is 907. The van der Waals surface area contributed by atoms with Crippen LogP contribution in [0.25, 0.3) is 0 Å². The zero-order valence-electron chi connectivity index (χ0n) is 18.7. The van der Waals surface area contributed by atoms with Crippen molar-refractivity contribution in [3.8, 4) is 0 Å². The van der Waals surface area contributed by atoms with E-state index in [1.807, 2.05) is 47.8 Å². The summed E-state index contributed by atoms with van der Waals surface area (Å²) in [6.07, 6.45) is 11.3. The molecule has 3 aliphatic carbocycles. The number of para-hydroxylation sites is 1. The molecule has 2 amide bonds. The van der Waals surface area contributed by atoms with Gasteiger partial charge >= 0.3 is 0 Å². The molecule has 0 radical (unpaired) electrons. The molecular weight excluding hydrogens is 416 g/mol. The van der Waals surface area contributed by atoms with Crippen LogP contribution in [0.1, 0.15) is 75.1 Å². The lowest BCUT2D eigenvalue weighted by Crippen LogP contribution is -2.47. The fraction of sp³-hybridized carbons (Fsp3) is 0.556. The van der Waals surface area contributed by atoms with Crippen molar-refractivity contribution in [3.63, 3.8) is 0 Å². The smallest absolute Gasteiger partial charge is 0.248 e. The van der Waals surface area contributed by atoms with Gasteiger partial charge in [0.2, 0.25) is 11.8 Å². The van der Waals surface area contributed by atoms with Gasteiger partial charge in [-0.15, -0.1) is 11.3 Å². The second-order valence-electron chi connectivity index (χ2n) is 10.00. The first-order valence-corrected chi connectivity index (χ1v) is 13.3. The third-order valence-electron chi connectivity index (χ3n) is 7.90. The highest BCUT2D eigenvalue weighted by Gasteiger charge is 2.42. The zero-order valence-corrected chi connectivity index (χ0v) is 19.6. The molecule has 1 heterocycles. The molecule has 0 aliphatic heterocycles. The summed E-state index contributed by atoms with van der Waals surface area (Å²) in [5.74, 6) is 2.02. The lowest BCUT2D eigenvalue weighted by Gasteiger charge is -2.34. The lowest BCUT2D eigenvalue weighted by atomic mass is 9.86. The number of rotatable bonds is 7. The minimum Gasteiger partial charge on any atom is -0.351 e. The molecule has 4 atom stereocenters. The first-order chi connectivity index (χ1) is 15.7. The third kappa shape index (κ3) is 4.63. The number of hydrogen-bond acceptors (Lipinski definition) is 3. The molecule has 32 heavy (non-hydrogen) atoms. The van der Waals surface area contributed by atoms with Crippen LogP contribution >= 0.6 is 11.3 Å². The SMILES string of the molecule is O=C(NC1CCCCC1)[C@H](c1cccs1)N(C(=O)C[C@@H]1C[C@H]2CC[C@H]1C2)c1ccccc1. The number of amides is 2. The summed E-state index contributed by atoms with van der Waals surface area (Å²) in [5, 5.41) is 5.31. The standard InChI is InChI=1S/C27H34N2O2S/c30-25(18-21-17-19-13-14-20(21)16-19)29(23-10-5-2-6-11-23)26(24-12-7-15-32-24)27(31)28-22-8-3-1-4-9-22/h2,5-7,10-12,15,19-22,26H,1,3-4,8-9,13-14,16-18H2,(H,28,31)/t19-,20-,21-,26-/m0/s1. The van der Waals surface area contributed by atoms with Crippen molar-refractivity contribution in [2.45, 2.75) is 76.3 Å². The van der Waals surface area contributed by atoms with Crippen molar-refractivity contribution in [2.75, 3.05) is 4.90 Å². The number of thiophene rings is 1. The highest BCUT2D eigenvalue weighted by molar-refractivity contribution is 7.10. The van der Waals surface area contributed by atoms with E-state index in [1.165, 1.54) is 44.9 Å². The van der Waals surface area contributed by atoms with Gasteiger partial charge in [-0.25, -0.2) is 0 Å². The van der Waals surface area contributed by atoms with E-state index in [0.717, 1.165) is 29.3 Å². The molecule has 2 aromatic rings. The minimum atomic E-state index is -0.606. The Balaban J connectivity index is 1.43. The second-order valence-corrected chi connectivity index (χ2v) is 11.0. The van der Waals surface area contributed by atoms with Gasteiger partial charge in [0.1, 0.15) is 6.04 Å². The quantitative estimate of drug-likeness (QED) is 0.554. The molecule has 2 bridgehead atoms. The van der Waals surface area contributed by atoms with Crippen LogP contribution in [-0.4, -0.2) is 17.9 Å². The Hall–Kier alpha value is -2.14. The molecule has 5 rings (SSSR count). The maximum absolute atomic E-state index is 13.9. The van der Waals surface area contributed by atoms with Gasteiger partial charge in [-0.05, 0) is 73.4 Å². The van der Waals surface area contributed by atoms with Gasteiger partial charge in [-0.2, -0.15) is 0 Å². The zero-order chi connectivity index (χ0) is 21.9. The summed E-state index contributed by atoms with van der Waals surface area (Å²) < 4.78 is 0. The predicted molar refractivity (Wildman–Crippen MR) is 130 cm³/mol. The molecule has 0 unspecified atom stereocenters. The van der Waals surface area contributed by atoms with Gasteiger partial charge in [0.25, 0.3) is 0 Å². The van der Waals surface area contributed by atoms with E-state index in [1.54, 1.807) is 16.2 Å². The summed E-state index contributed by atoms with van der Waals surface area (Å²) >= 11 is 1.56. The Kier molecular flexibility index (Phi) is 6.63. The first-order valence-electron chi connectivity index (χ1n) is 12.4. The lowest BCUT2D eigenvalue weighted by molar-refractivity contribution is -0.127. The van der Waals surface area contributed by atoms with Gasteiger partial charge in [0.15, 0.2) is 0 Å². The fourth-order valence-electron chi connectivity index (χ4n) is 6.32. The van der Waals surface area contributed by atoms with E-state index >= 15 is 0 Å². The first kappa shape index (κ1) is 21.7. The summed E-state index contributed by atoms with van der Waals surface area (Å²) in [4.78, 5) is 30.3. The van der Waals surface area contributed by atoms with Crippen molar-refractivity contribution < 1.29 is 9.59 Å². The largest absolute Gasteiger partial charge is 0.351 e. The molecule has 1 aromatic heterocycles. The van der Waals surface area contributed by atoms with Gasteiger partial charge in [-0.1, -0.05) is 49.9 Å². The van der Waals surface area contributed by atoms with E-state index in [-0.39, 0.29) is 17.9 Å². The molecule has 4 nitrogen and oxygen atoms in total. The molecule has 3 aliphatic rings. The van der Waals surface area contributed by atoms with Gasteiger partial charge in [-0.3, -0.25) is 14.5 Å². The fourth-order valence-corrected chi connectivity index (χ4v) is 7.14. The van der Waals surface area contributed by atoms with Crippen molar-refractivity contribution >= 4 is 28.8 Å². The monoisotopic (exact) mass is 450 g/mol. The number of nitrogens with zero attached hydrogens (tertiary/aromatic N) is 1. The number of anilines is 1. The summed E-state index contributed by atoms with van der Waals surface area (Å²) in [5.41, 5.74) is 0.817. The van der Waals surface area contributed by atoms with E-state index in [4.69, 9.17) is 0 Å². The van der Waals surface area contributed by atoms with E-state index in [0.29, 0.717) is 18.3 Å². The van der Waals surface area contributed by atoms with E-state index in [2.05, 4.69) is 5.32 Å². The van der Waals surface area contributed by atoms with Crippen molar-refractivity contribution in [3.05, 3.63) is 52.7 Å². The van der Waals surface area contributed by atoms with Crippen LogP contribution in [-0.2, 0) is 9.59 Å². The molecule has 1 aromatic carbocycles. The normalized spacial score (nSPS) is 26.1. The molecule has 3 fully saturated rings. The molecule has 170 valence electrons. The second kappa shape index (κ2) is 9.78. The molecule has 3 saturated carbocycles. The number of carbonyl (C=O) groups excluding carboxylic acids is 2. The van der Waals surface area contributed by atoms with E-state index < -0.39 is 6.04 Å². The summed E-state index contributed by atoms with van der Waals surface area (Å²) in [6.45, 7) is 0. The van der Waals surface area contributed by atoms with Crippen molar-refractivity contribution in [1.82, 2.24) is 5.32 Å². The van der Waals surface area contributed by atoms with Crippen LogP contribution in [0.2, 0.25) is 0 Å². The third-order valence-corrected chi connectivity index (χ3v) is 8.82. The van der Waals surface area contributed by atoms with Gasteiger partial charge in [0.05, 0.1) is 0 Å². The van der Waals surface area contributed by atoms with E-state index in [9.17, 15) is 9.59 Å². The summed E-state index contributed by atoms with van der Waals surface area (Å²) in [6, 6.07) is 13.4. The average Bonchev–Trinajstić information content (AvgIpc) is 3.57. The predicted octanol–water partition coefficient (Wildman–Crippen LogP) is 6.10. The van der Waals surface area contributed by atoms with Crippen LogP contribution in [0, 0.1) is 17.8 Å². The molecule has 0 saturated heterocycles. The van der Waals surface area contributed by atoms with Crippen LogP contribution in [0.4, 0.5) is 5.69 Å². The molecule has 5 heteroatoms. The van der Waals surface area contributed by atoms with Crippen LogP contribution in [0.3, 0.4) is 0 Å². The minimum absolute atomic E-state index is 0.0375. The maximum Gasteiger partial charge on any atom is 0.248 e. The number of hydrogen-bond donors (Lipinski definition) is 1. The molecule has 1 N–H and O–H groups in total. The topological polar surface area (TPSA) is 49.4 Å². The average molecular weight is 451 g/mol. The Morgan fingerprint density at radius 3 is 2.44 bits per heavy atom. The van der Waals surface area contributed by atoms with Crippen molar-refractivity contribution in [2.24, 2.45) is 17.8 Å². The van der Waals surface area contributed by atoms with Gasteiger partial charge < -0.3 is 5.32 Å². The number of fused-ring (bicyclic) bond motifs is 2. The van der Waals surface area contributed by atoms with Crippen molar-refractivity contribution in [1.29, 1.82) is 0 Å². The Morgan fingerprint density at radius 1 is 0.969 bits per heavy atom. The molecule has 0 spiro atoms. The highest BCUT2D eigenvalue weighted by atomic mass is 32.1. The Morgan fingerprint density at radius 2 is 1.78 bits per heavy atom. The Labute approximate surface area is 195 Å². The molecular formula is C27H34N2O2S. The highest BCUT2D eigenvalue weighted by Crippen LogP contribution is 2.50. The summed E-state index contributed by atoms with van der Waals surface area (Å²) in [7, 11) is 0. The maximum atomic E-state index is 13.9. The number of nitrogens with one attached hydrogen (secondary N) is 1. The van der Waals surface area contributed by atoms with Crippen LogP contribution in [0.15, 0.2) is 47.8 Å². The van der Waals surface area contributed by atoms with Crippen LogP contribution in [0.5, 0.6) is 0 Å². The van der Waals surface area contributed by atoms with Crippen LogP contribution < -0.4 is 10.2 Å². The van der Waals surface area contributed by atoms with Gasteiger partial charge in [0, 0.05) is 23.0 Å². The number of benzene rings is 1. The number of carbonyl (C=O) groups is 2.